The Kier molecular flexibility index (Phi) is 3.80. The van der Waals surface area contributed by atoms with Crippen LogP contribution in [0.5, 0.6) is 0 Å². The first-order chi connectivity index (χ1) is 9.16. The number of carbonyl (C=O) groups is 2. The third-order valence-electron chi connectivity index (χ3n) is 3.70. The lowest BCUT2D eigenvalue weighted by Crippen LogP contribution is -2.34. The monoisotopic (exact) mass is 299 g/mol. The second-order valence-electron chi connectivity index (χ2n) is 5.00. The third kappa shape index (κ3) is 2.52. The molecule has 3 aliphatic heterocycles. The highest BCUT2D eigenvalue weighted by Gasteiger charge is 2.48. The lowest BCUT2D eigenvalue weighted by atomic mass is 10.0. The van der Waals surface area contributed by atoms with Gasteiger partial charge in [-0.25, -0.2) is 0 Å². The minimum atomic E-state index is -0.292. The highest BCUT2D eigenvalue weighted by atomic mass is 32.2. The van der Waals surface area contributed by atoms with Gasteiger partial charge in [-0.1, -0.05) is 0 Å². The zero-order chi connectivity index (χ0) is 13.4. The molecule has 3 heterocycles. The first-order valence-electron chi connectivity index (χ1n) is 6.62. The molecule has 0 N–H and O–H groups in total. The van der Waals surface area contributed by atoms with Crippen molar-refractivity contribution in [3.63, 3.8) is 0 Å². The Labute approximate surface area is 121 Å². The van der Waals surface area contributed by atoms with Crippen molar-refractivity contribution < 1.29 is 14.3 Å². The van der Waals surface area contributed by atoms with E-state index in [9.17, 15) is 9.59 Å². The lowest BCUT2D eigenvalue weighted by Gasteiger charge is -2.24. The number of nitrogens with zero attached hydrogens (tertiary/aromatic N) is 1. The van der Waals surface area contributed by atoms with Gasteiger partial charge in [-0.3, -0.25) is 9.59 Å². The van der Waals surface area contributed by atoms with Crippen molar-refractivity contribution >= 4 is 35.4 Å². The molecule has 3 saturated heterocycles. The summed E-state index contributed by atoms with van der Waals surface area (Å²) in [5.74, 6) is 2.15. The molecule has 104 valence electrons. The van der Waals surface area contributed by atoms with Gasteiger partial charge in [0.1, 0.15) is 6.10 Å². The van der Waals surface area contributed by atoms with Gasteiger partial charge in [0.15, 0.2) is 0 Å². The number of esters is 1. The molecule has 6 heteroatoms. The fourth-order valence-corrected chi connectivity index (χ4v) is 5.76. The number of ether oxygens (including phenoxy) is 1. The van der Waals surface area contributed by atoms with Gasteiger partial charge < -0.3 is 9.64 Å². The van der Waals surface area contributed by atoms with Crippen LogP contribution < -0.4 is 0 Å². The van der Waals surface area contributed by atoms with E-state index in [-0.39, 0.29) is 24.0 Å². The fraction of sp³-hybridized carbons (Fsp3) is 0.692. The van der Waals surface area contributed by atoms with E-state index in [2.05, 4.69) is 0 Å². The number of thioether (sulfide) groups is 2. The van der Waals surface area contributed by atoms with E-state index in [4.69, 9.17) is 4.74 Å². The summed E-state index contributed by atoms with van der Waals surface area (Å²) >= 11 is 3.79. The van der Waals surface area contributed by atoms with Gasteiger partial charge in [0.2, 0.25) is 5.91 Å². The van der Waals surface area contributed by atoms with Crippen LogP contribution >= 0.6 is 23.5 Å². The second-order valence-corrected chi connectivity index (χ2v) is 7.47. The molecule has 0 radical (unpaired) electrons. The summed E-state index contributed by atoms with van der Waals surface area (Å²) in [6.07, 6.45) is 2.24. The van der Waals surface area contributed by atoms with E-state index >= 15 is 0 Å². The van der Waals surface area contributed by atoms with Crippen molar-refractivity contribution in [1.82, 2.24) is 4.90 Å². The van der Waals surface area contributed by atoms with Gasteiger partial charge in [0, 0.05) is 17.7 Å². The summed E-state index contributed by atoms with van der Waals surface area (Å²) in [6, 6.07) is 0.00417. The number of rotatable bonds is 1. The summed E-state index contributed by atoms with van der Waals surface area (Å²) in [5, 5.41) is 0. The Morgan fingerprint density at radius 1 is 1.37 bits per heavy atom. The Morgan fingerprint density at radius 3 is 2.79 bits per heavy atom. The molecule has 1 amide bonds. The molecule has 3 aliphatic rings. The van der Waals surface area contributed by atoms with E-state index in [0.717, 1.165) is 24.5 Å². The van der Waals surface area contributed by atoms with Crippen molar-refractivity contribution in [2.24, 2.45) is 0 Å². The molecule has 3 rings (SSSR count). The maximum atomic E-state index is 12.0. The molecule has 0 bridgehead atoms. The van der Waals surface area contributed by atoms with E-state index in [0.29, 0.717) is 6.42 Å². The van der Waals surface area contributed by atoms with E-state index in [1.165, 1.54) is 23.2 Å². The van der Waals surface area contributed by atoms with Crippen LogP contribution in [0.4, 0.5) is 0 Å². The number of hydrogen-bond donors (Lipinski definition) is 0. The van der Waals surface area contributed by atoms with E-state index < -0.39 is 0 Å². The average molecular weight is 299 g/mol. The van der Waals surface area contributed by atoms with E-state index in [1.807, 2.05) is 28.4 Å². The largest absolute Gasteiger partial charge is 0.459 e. The second kappa shape index (κ2) is 5.40. The fourth-order valence-electron chi connectivity index (χ4n) is 2.98. The van der Waals surface area contributed by atoms with Crippen LogP contribution in [0.1, 0.15) is 26.2 Å². The molecule has 19 heavy (non-hydrogen) atoms. The Balaban J connectivity index is 1.87. The van der Waals surface area contributed by atoms with Crippen LogP contribution in [0.15, 0.2) is 9.81 Å². The van der Waals surface area contributed by atoms with Gasteiger partial charge in [0.25, 0.3) is 0 Å². The number of amides is 1. The summed E-state index contributed by atoms with van der Waals surface area (Å²) in [4.78, 5) is 25.1. The Morgan fingerprint density at radius 2 is 2.11 bits per heavy atom. The molecule has 0 unspecified atom stereocenters. The minimum Gasteiger partial charge on any atom is -0.459 e. The Hall–Kier alpha value is -0.620. The molecular formula is C13H17NO3S2. The van der Waals surface area contributed by atoms with Crippen LogP contribution in [-0.2, 0) is 14.3 Å². The van der Waals surface area contributed by atoms with Gasteiger partial charge in [0.05, 0.1) is 12.5 Å². The predicted octanol–water partition coefficient (Wildman–Crippen LogP) is 2.00. The summed E-state index contributed by atoms with van der Waals surface area (Å²) in [5.41, 5.74) is 1.33. The zero-order valence-electron chi connectivity index (χ0n) is 10.9. The predicted molar refractivity (Wildman–Crippen MR) is 76.8 cm³/mol. The minimum absolute atomic E-state index is 0.00417. The first kappa shape index (κ1) is 13.4. The zero-order valence-corrected chi connectivity index (χ0v) is 12.5. The van der Waals surface area contributed by atoms with Crippen molar-refractivity contribution in [3.8, 4) is 0 Å². The van der Waals surface area contributed by atoms with Crippen LogP contribution in [0, 0.1) is 0 Å². The highest BCUT2D eigenvalue weighted by Crippen LogP contribution is 2.45. The van der Waals surface area contributed by atoms with Crippen molar-refractivity contribution in [2.45, 2.75) is 38.3 Å². The van der Waals surface area contributed by atoms with Crippen molar-refractivity contribution in [2.75, 3.05) is 18.1 Å². The maximum Gasteiger partial charge on any atom is 0.303 e. The summed E-state index contributed by atoms with van der Waals surface area (Å²) < 4.78 is 6.73. The van der Waals surface area contributed by atoms with Crippen molar-refractivity contribution in [1.29, 1.82) is 0 Å². The molecule has 0 aliphatic carbocycles. The van der Waals surface area contributed by atoms with Crippen LogP contribution in [0.2, 0.25) is 0 Å². The van der Waals surface area contributed by atoms with Gasteiger partial charge in [-0.05, 0) is 29.9 Å². The maximum absolute atomic E-state index is 12.0. The molecule has 4 nitrogen and oxygen atoms in total. The third-order valence-corrected chi connectivity index (χ3v) is 6.44. The molecule has 0 aromatic carbocycles. The molecule has 0 aromatic heterocycles. The van der Waals surface area contributed by atoms with Gasteiger partial charge in [-0.15, -0.1) is 23.5 Å². The molecule has 0 saturated carbocycles. The normalized spacial score (nSPS) is 30.8. The van der Waals surface area contributed by atoms with Gasteiger partial charge in [-0.2, -0.15) is 0 Å². The SMILES string of the molecule is CC(=O)O[C@H]1CC(=O)N2CCC(=C3SCCCS3)[C@H]12. The standard InChI is InChI=1S/C13H17NO3S2/c1-8(15)17-10-7-11(16)14-4-3-9(12(10)14)13-18-5-2-6-19-13/h10,12H,2-7H2,1H3/t10-,12+/m0/s1. The van der Waals surface area contributed by atoms with E-state index in [1.54, 1.807) is 0 Å². The molecule has 2 atom stereocenters. The summed E-state index contributed by atoms with van der Waals surface area (Å²) in [7, 11) is 0. The topological polar surface area (TPSA) is 46.6 Å². The molecular weight excluding hydrogens is 282 g/mol. The average Bonchev–Trinajstić information content (AvgIpc) is 2.93. The number of carbonyl (C=O) groups excluding carboxylic acids is 2. The van der Waals surface area contributed by atoms with Crippen LogP contribution in [0.3, 0.4) is 0 Å². The van der Waals surface area contributed by atoms with Crippen molar-refractivity contribution in [3.05, 3.63) is 9.81 Å². The Bertz CT molecular complexity index is 439. The molecule has 0 aromatic rings. The lowest BCUT2D eigenvalue weighted by molar-refractivity contribution is -0.146. The van der Waals surface area contributed by atoms with Gasteiger partial charge >= 0.3 is 5.97 Å². The van der Waals surface area contributed by atoms with Crippen LogP contribution in [0.25, 0.3) is 0 Å². The first-order valence-corrected chi connectivity index (χ1v) is 8.59. The number of hydrogen-bond acceptors (Lipinski definition) is 5. The number of fused-ring (bicyclic) bond motifs is 1. The quantitative estimate of drug-likeness (QED) is 0.693. The highest BCUT2D eigenvalue weighted by molar-refractivity contribution is 8.22. The molecule has 3 fully saturated rings. The smallest absolute Gasteiger partial charge is 0.303 e. The summed E-state index contributed by atoms with van der Waals surface area (Å²) in [6.45, 7) is 2.19. The van der Waals surface area contributed by atoms with Crippen LogP contribution in [-0.4, -0.2) is 47.0 Å². The molecule has 0 spiro atoms.